The van der Waals surface area contributed by atoms with Gasteiger partial charge in [0.1, 0.15) is 0 Å². The summed E-state index contributed by atoms with van der Waals surface area (Å²) in [6, 6.07) is 0. The summed E-state index contributed by atoms with van der Waals surface area (Å²) in [7, 11) is 2.97. The standard InChI is InChI=1S/C27H41NO4/c1-17(2)15-20(5)24(29)21(6)16-19(4)12-10-11-18(3)13-14-23-22(7)25(30)26(31-8)27(28-23)32-9/h10,12-13,15-17,21,24,29H,11,14H2,1-9H3,(H,28,30)/b12-10+,18-13+,19-16+,20-15+. The monoisotopic (exact) mass is 443 g/mol. The van der Waals surface area contributed by atoms with Crippen LogP contribution < -0.4 is 14.9 Å². The fourth-order valence-electron chi connectivity index (χ4n) is 3.62. The molecule has 0 radical (unpaired) electrons. The van der Waals surface area contributed by atoms with Crippen molar-refractivity contribution in [2.24, 2.45) is 11.8 Å². The van der Waals surface area contributed by atoms with E-state index >= 15 is 0 Å². The molecule has 2 unspecified atom stereocenters. The molecule has 2 N–H and O–H groups in total. The van der Waals surface area contributed by atoms with Crippen molar-refractivity contribution in [3.8, 4) is 11.6 Å². The molecule has 178 valence electrons. The molecule has 0 saturated heterocycles. The summed E-state index contributed by atoms with van der Waals surface area (Å²) in [5.41, 5.74) is 4.65. The summed E-state index contributed by atoms with van der Waals surface area (Å²) >= 11 is 0. The topological polar surface area (TPSA) is 71.5 Å². The van der Waals surface area contributed by atoms with Gasteiger partial charge in [0.25, 0.3) is 0 Å². The molecule has 0 aliphatic rings. The molecule has 0 aromatic carbocycles. The fraction of sp³-hybridized carbons (Fsp3) is 0.519. The van der Waals surface area contributed by atoms with Gasteiger partial charge in [0.2, 0.25) is 17.1 Å². The van der Waals surface area contributed by atoms with E-state index < -0.39 is 6.10 Å². The van der Waals surface area contributed by atoms with Crippen LogP contribution in [0, 0.1) is 18.8 Å². The van der Waals surface area contributed by atoms with Crippen molar-refractivity contribution < 1.29 is 14.6 Å². The molecule has 0 aliphatic heterocycles. The van der Waals surface area contributed by atoms with Crippen molar-refractivity contribution in [3.63, 3.8) is 0 Å². The molecule has 1 aromatic rings. The fourth-order valence-corrected chi connectivity index (χ4v) is 3.62. The number of ether oxygens (including phenoxy) is 2. The maximum Gasteiger partial charge on any atom is 0.238 e. The summed E-state index contributed by atoms with van der Waals surface area (Å²) < 4.78 is 10.4. The first-order valence-corrected chi connectivity index (χ1v) is 11.2. The third-order valence-electron chi connectivity index (χ3n) is 5.44. The van der Waals surface area contributed by atoms with Crippen LogP contribution in [0.2, 0.25) is 0 Å². The zero-order chi connectivity index (χ0) is 24.4. The summed E-state index contributed by atoms with van der Waals surface area (Å²) in [6.07, 6.45) is 11.5. The Kier molecular flexibility index (Phi) is 11.3. The number of hydrogen-bond donors (Lipinski definition) is 2. The van der Waals surface area contributed by atoms with Crippen LogP contribution in [0.15, 0.2) is 51.9 Å². The number of aromatic amines is 1. The van der Waals surface area contributed by atoms with Crippen LogP contribution in [0.4, 0.5) is 0 Å². The van der Waals surface area contributed by atoms with Crippen LogP contribution in [-0.4, -0.2) is 30.4 Å². The smallest absolute Gasteiger partial charge is 0.238 e. The van der Waals surface area contributed by atoms with Gasteiger partial charge < -0.3 is 19.6 Å². The molecule has 1 heterocycles. The Morgan fingerprint density at radius 1 is 1.09 bits per heavy atom. The highest BCUT2D eigenvalue weighted by atomic mass is 16.5. The number of nitrogens with one attached hydrogen (secondary N) is 1. The normalized spacial score (nSPS) is 15.4. The first-order valence-electron chi connectivity index (χ1n) is 11.2. The van der Waals surface area contributed by atoms with E-state index in [4.69, 9.17) is 9.47 Å². The summed E-state index contributed by atoms with van der Waals surface area (Å²) in [5, 5.41) is 10.5. The molecule has 1 rings (SSSR count). The van der Waals surface area contributed by atoms with Gasteiger partial charge in [0.05, 0.1) is 20.3 Å². The number of rotatable bonds is 11. The van der Waals surface area contributed by atoms with E-state index in [1.165, 1.54) is 19.8 Å². The van der Waals surface area contributed by atoms with E-state index in [-0.39, 0.29) is 17.1 Å². The zero-order valence-corrected chi connectivity index (χ0v) is 21.2. The van der Waals surface area contributed by atoms with E-state index in [0.29, 0.717) is 23.8 Å². The molecule has 5 nitrogen and oxygen atoms in total. The third kappa shape index (κ3) is 8.19. The summed E-state index contributed by atoms with van der Waals surface area (Å²) in [4.78, 5) is 15.6. The van der Waals surface area contributed by atoms with Gasteiger partial charge >= 0.3 is 0 Å². The van der Waals surface area contributed by atoms with Crippen molar-refractivity contribution in [2.75, 3.05) is 14.2 Å². The van der Waals surface area contributed by atoms with Gasteiger partial charge in [-0.05, 0) is 45.6 Å². The number of allylic oxidation sites excluding steroid dienone is 6. The Balaban J connectivity index is 2.80. The minimum Gasteiger partial charge on any atom is -0.488 e. The van der Waals surface area contributed by atoms with Crippen molar-refractivity contribution in [1.82, 2.24) is 4.98 Å². The molecule has 0 saturated carbocycles. The van der Waals surface area contributed by atoms with Crippen LogP contribution in [0.25, 0.3) is 0 Å². The van der Waals surface area contributed by atoms with Crippen LogP contribution in [-0.2, 0) is 6.42 Å². The van der Waals surface area contributed by atoms with Gasteiger partial charge in [-0.2, -0.15) is 0 Å². The second-order valence-corrected chi connectivity index (χ2v) is 8.85. The van der Waals surface area contributed by atoms with Crippen LogP contribution in [0.5, 0.6) is 11.6 Å². The van der Waals surface area contributed by atoms with Crippen molar-refractivity contribution in [2.45, 2.75) is 67.4 Å². The van der Waals surface area contributed by atoms with Gasteiger partial charge in [0.15, 0.2) is 0 Å². The SMILES string of the molecule is COc1[nH]c(C/C=C(\C)C/C=C/C(C)=C/C(C)C(O)/C(C)=C/C(C)C)c(C)c(=O)c1OC. The number of H-pyrrole nitrogens is 1. The predicted octanol–water partition coefficient (Wildman–Crippen LogP) is 5.68. The van der Waals surface area contributed by atoms with Crippen molar-refractivity contribution in [3.05, 3.63) is 68.6 Å². The quantitative estimate of drug-likeness (QED) is 0.341. The van der Waals surface area contributed by atoms with Crippen LogP contribution >= 0.6 is 0 Å². The van der Waals surface area contributed by atoms with Crippen LogP contribution in [0.3, 0.4) is 0 Å². The van der Waals surface area contributed by atoms with E-state index in [9.17, 15) is 9.90 Å². The van der Waals surface area contributed by atoms with Gasteiger partial charge in [0, 0.05) is 23.6 Å². The second kappa shape index (κ2) is 13.1. The lowest BCUT2D eigenvalue weighted by Gasteiger charge is -2.18. The average molecular weight is 444 g/mol. The molecule has 0 bridgehead atoms. The second-order valence-electron chi connectivity index (χ2n) is 8.85. The van der Waals surface area contributed by atoms with Gasteiger partial charge in [-0.3, -0.25) is 4.79 Å². The van der Waals surface area contributed by atoms with E-state index in [0.717, 1.165) is 23.3 Å². The lowest BCUT2D eigenvalue weighted by Crippen LogP contribution is -2.17. The number of aromatic nitrogens is 1. The number of aliphatic hydroxyl groups is 1. The molecule has 0 spiro atoms. The van der Waals surface area contributed by atoms with Crippen molar-refractivity contribution >= 4 is 0 Å². The van der Waals surface area contributed by atoms with E-state index in [1.54, 1.807) is 6.92 Å². The summed E-state index contributed by atoms with van der Waals surface area (Å²) in [5.74, 6) is 1.03. The number of aliphatic hydroxyl groups excluding tert-OH is 1. The number of pyridine rings is 1. The van der Waals surface area contributed by atoms with Gasteiger partial charge in [-0.1, -0.05) is 62.3 Å². The zero-order valence-electron chi connectivity index (χ0n) is 21.2. The first-order chi connectivity index (χ1) is 15.0. The highest BCUT2D eigenvalue weighted by Gasteiger charge is 2.15. The molecule has 1 aromatic heterocycles. The molecule has 2 atom stereocenters. The minimum absolute atomic E-state index is 0.0520. The average Bonchev–Trinajstić information content (AvgIpc) is 2.73. The van der Waals surface area contributed by atoms with Gasteiger partial charge in [-0.15, -0.1) is 0 Å². The molecule has 5 heteroatoms. The molecule has 0 aliphatic carbocycles. The largest absolute Gasteiger partial charge is 0.488 e. The molecule has 32 heavy (non-hydrogen) atoms. The number of methoxy groups -OCH3 is 2. The molecule has 0 fully saturated rings. The molecular weight excluding hydrogens is 402 g/mol. The third-order valence-corrected chi connectivity index (χ3v) is 5.44. The Morgan fingerprint density at radius 3 is 2.31 bits per heavy atom. The Hall–Kier alpha value is -2.53. The maximum absolute atomic E-state index is 12.4. The maximum atomic E-state index is 12.4. The lowest BCUT2D eigenvalue weighted by molar-refractivity contribution is 0.172. The Morgan fingerprint density at radius 2 is 1.75 bits per heavy atom. The van der Waals surface area contributed by atoms with Gasteiger partial charge in [-0.25, -0.2) is 0 Å². The highest BCUT2D eigenvalue weighted by molar-refractivity contribution is 5.40. The van der Waals surface area contributed by atoms with E-state index in [1.807, 2.05) is 13.8 Å². The predicted molar refractivity (Wildman–Crippen MR) is 134 cm³/mol. The van der Waals surface area contributed by atoms with Crippen LogP contribution in [0.1, 0.15) is 59.2 Å². The summed E-state index contributed by atoms with van der Waals surface area (Å²) in [6.45, 7) is 14.2. The van der Waals surface area contributed by atoms with Crippen molar-refractivity contribution in [1.29, 1.82) is 0 Å². The number of hydrogen-bond acceptors (Lipinski definition) is 4. The minimum atomic E-state index is -0.464. The molecular formula is C27H41NO4. The molecule has 0 amide bonds. The van der Waals surface area contributed by atoms with E-state index in [2.05, 4.69) is 63.1 Å². The lowest BCUT2D eigenvalue weighted by atomic mass is 9.94. The highest BCUT2D eigenvalue weighted by Crippen LogP contribution is 2.22. The first kappa shape index (κ1) is 27.5. The Bertz CT molecular complexity index is 932. The Labute approximate surface area is 193 Å².